The fourth-order valence-electron chi connectivity index (χ4n) is 4.03. The first kappa shape index (κ1) is 19.1. The molecule has 154 valence electrons. The number of rotatable bonds is 3. The maximum Gasteiger partial charge on any atom is 0.247 e. The highest BCUT2D eigenvalue weighted by molar-refractivity contribution is 7.18. The predicted octanol–water partition coefficient (Wildman–Crippen LogP) is 5.22. The number of amides is 1. The summed E-state index contributed by atoms with van der Waals surface area (Å²) in [6.07, 6.45) is 7.52. The number of piperidine rings is 1. The van der Waals surface area contributed by atoms with Crippen LogP contribution in [-0.2, 0) is 4.79 Å². The van der Waals surface area contributed by atoms with Gasteiger partial charge in [0, 0.05) is 19.0 Å². The predicted molar refractivity (Wildman–Crippen MR) is 119 cm³/mol. The molecule has 1 fully saturated rings. The summed E-state index contributed by atoms with van der Waals surface area (Å²) in [6.45, 7) is 2.09. The third kappa shape index (κ3) is 3.92. The van der Waals surface area contributed by atoms with E-state index < -0.39 is 0 Å². The van der Waals surface area contributed by atoms with E-state index in [9.17, 15) is 4.79 Å². The Hall–Kier alpha value is -2.86. The van der Waals surface area contributed by atoms with Crippen molar-refractivity contribution in [1.29, 1.82) is 0 Å². The van der Waals surface area contributed by atoms with Gasteiger partial charge in [-0.3, -0.25) is 4.79 Å². The van der Waals surface area contributed by atoms with Gasteiger partial charge < -0.3 is 14.4 Å². The summed E-state index contributed by atoms with van der Waals surface area (Å²) in [5.41, 5.74) is 1.94. The Morgan fingerprint density at radius 1 is 1.07 bits per heavy atom. The van der Waals surface area contributed by atoms with Crippen LogP contribution in [0.2, 0.25) is 0 Å². The van der Waals surface area contributed by atoms with Crippen LogP contribution in [0.15, 0.2) is 48.5 Å². The zero-order valence-electron chi connectivity index (χ0n) is 16.8. The number of likely N-dealkylation sites (tertiary alicyclic amines) is 1. The van der Waals surface area contributed by atoms with Crippen LogP contribution in [0.3, 0.4) is 0 Å². The van der Waals surface area contributed by atoms with Gasteiger partial charge in [0.25, 0.3) is 0 Å². The topological polar surface area (TPSA) is 51.7 Å². The lowest BCUT2D eigenvalue weighted by Crippen LogP contribution is -2.37. The van der Waals surface area contributed by atoms with Gasteiger partial charge in [0.15, 0.2) is 11.5 Å². The molecule has 30 heavy (non-hydrogen) atoms. The van der Waals surface area contributed by atoms with E-state index in [-0.39, 0.29) is 11.9 Å². The molecular formula is C24H24N2O3S. The molecule has 0 radical (unpaired) electrons. The Morgan fingerprint density at radius 3 is 2.83 bits per heavy atom. The van der Waals surface area contributed by atoms with Crippen LogP contribution >= 0.6 is 11.3 Å². The van der Waals surface area contributed by atoms with E-state index in [0.29, 0.717) is 13.2 Å². The van der Waals surface area contributed by atoms with Crippen LogP contribution in [0.25, 0.3) is 16.3 Å². The fraction of sp³-hybridized carbons (Fsp3) is 0.333. The summed E-state index contributed by atoms with van der Waals surface area (Å²) in [5.74, 6) is 1.54. The van der Waals surface area contributed by atoms with Gasteiger partial charge in [-0.05, 0) is 55.2 Å². The minimum absolute atomic E-state index is 0.0334. The summed E-state index contributed by atoms with van der Waals surface area (Å²) >= 11 is 1.70. The van der Waals surface area contributed by atoms with E-state index in [0.717, 1.165) is 59.8 Å². The lowest BCUT2D eigenvalue weighted by Gasteiger charge is -2.33. The van der Waals surface area contributed by atoms with Crippen molar-refractivity contribution in [3.63, 3.8) is 0 Å². The first-order chi connectivity index (χ1) is 14.8. The van der Waals surface area contributed by atoms with Gasteiger partial charge in [0.05, 0.1) is 29.5 Å². The van der Waals surface area contributed by atoms with Gasteiger partial charge in [0.1, 0.15) is 5.01 Å². The van der Waals surface area contributed by atoms with E-state index in [1.165, 1.54) is 4.70 Å². The van der Waals surface area contributed by atoms with Crippen molar-refractivity contribution >= 4 is 33.5 Å². The summed E-state index contributed by atoms with van der Waals surface area (Å²) in [4.78, 5) is 19.9. The number of carbonyl (C=O) groups is 1. The van der Waals surface area contributed by atoms with E-state index in [2.05, 4.69) is 6.07 Å². The lowest BCUT2D eigenvalue weighted by atomic mass is 10.0. The fourth-order valence-corrected chi connectivity index (χ4v) is 5.15. The number of thiazole rings is 1. The Bertz CT molecular complexity index is 1060. The van der Waals surface area contributed by atoms with Gasteiger partial charge in [-0.1, -0.05) is 18.2 Å². The highest BCUT2D eigenvalue weighted by Gasteiger charge is 2.29. The van der Waals surface area contributed by atoms with Gasteiger partial charge >= 0.3 is 0 Å². The second-order valence-electron chi connectivity index (χ2n) is 7.65. The zero-order valence-corrected chi connectivity index (χ0v) is 17.6. The molecule has 2 aromatic carbocycles. The van der Waals surface area contributed by atoms with Crippen molar-refractivity contribution in [3.05, 3.63) is 59.1 Å². The molecule has 1 saturated heterocycles. The Kier molecular flexibility index (Phi) is 5.41. The molecule has 3 aromatic rings. The van der Waals surface area contributed by atoms with Crippen LogP contribution in [0.1, 0.15) is 42.3 Å². The second-order valence-corrected chi connectivity index (χ2v) is 8.72. The van der Waals surface area contributed by atoms with Crippen molar-refractivity contribution in [2.24, 2.45) is 0 Å². The molecule has 2 aliphatic rings. The monoisotopic (exact) mass is 420 g/mol. The van der Waals surface area contributed by atoms with Crippen LogP contribution < -0.4 is 9.47 Å². The van der Waals surface area contributed by atoms with Crippen molar-refractivity contribution in [2.75, 3.05) is 19.8 Å². The van der Waals surface area contributed by atoms with E-state index >= 15 is 0 Å². The Labute approximate surface area is 179 Å². The number of fused-ring (bicyclic) bond motifs is 2. The number of nitrogens with zero attached hydrogens (tertiary/aromatic N) is 2. The molecule has 0 bridgehead atoms. The quantitative estimate of drug-likeness (QED) is 0.545. The van der Waals surface area contributed by atoms with Gasteiger partial charge in [-0.15, -0.1) is 11.3 Å². The van der Waals surface area contributed by atoms with E-state index in [4.69, 9.17) is 14.5 Å². The van der Waals surface area contributed by atoms with E-state index in [1.54, 1.807) is 17.4 Å². The minimum Gasteiger partial charge on any atom is -0.490 e. The zero-order chi connectivity index (χ0) is 20.3. The number of benzene rings is 2. The molecule has 1 aromatic heterocycles. The van der Waals surface area contributed by atoms with Gasteiger partial charge in [-0.2, -0.15) is 0 Å². The molecule has 2 aliphatic heterocycles. The molecule has 6 heteroatoms. The standard InChI is InChI=1S/C24H24N2O3S/c27-23(12-10-17-9-11-20-21(16-17)29-15-5-14-28-20)26-13-4-3-7-19(26)24-25-18-6-1-2-8-22(18)30-24/h1-2,6,8-12,16,19H,3-5,7,13-15H2/b12-10+/t19-/m1/s1. The number of ether oxygens (including phenoxy) is 2. The third-order valence-electron chi connectivity index (χ3n) is 5.57. The molecule has 0 N–H and O–H groups in total. The van der Waals surface area contributed by atoms with Gasteiger partial charge in [0.2, 0.25) is 5.91 Å². The molecular weight excluding hydrogens is 396 g/mol. The molecule has 1 amide bonds. The third-order valence-corrected chi connectivity index (χ3v) is 6.71. The summed E-state index contributed by atoms with van der Waals surface area (Å²) in [6, 6.07) is 14.0. The maximum atomic E-state index is 13.1. The normalized spacial score (nSPS) is 19.2. The smallest absolute Gasteiger partial charge is 0.247 e. The van der Waals surface area contributed by atoms with Crippen molar-refractivity contribution in [1.82, 2.24) is 9.88 Å². The van der Waals surface area contributed by atoms with Crippen LogP contribution in [-0.4, -0.2) is 35.5 Å². The minimum atomic E-state index is 0.0334. The average molecular weight is 421 g/mol. The molecule has 3 heterocycles. The number of hydrogen-bond acceptors (Lipinski definition) is 5. The molecule has 0 unspecified atom stereocenters. The van der Waals surface area contributed by atoms with Crippen LogP contribution in [0.4, 0.5) is 0 Å². The van der Waals surface area contributed by atoms with Crippen LogP contribution in [0, 0.1) is 0 Å². The Morgan fingerprint density at radius 2 is 1.93 bits per heavy atom. The SMILES string of the molecule is O=C(/C=C/c1ccc2c(c1)OCCCO2)N1CCCC[C@@H]1c1nc2ccccc2s1. The molecule has 1 atom stereocenters. The number of hydrogen-bond donors (Lipinski definition) is 0. The number of carbonyl (C=O) groups excluding carboxylic acids is 1. The highest BCUT2D eigenvalue weighted by atomic mass is 32.1. The second kappa shape index (κ2) is 8.48. The summed E-state index contributed by atoms with van der Waals surface area (Å²) in [5, 5.41) is 1.04. The molecule has 0 saturated carbocycles. The maximum absolute atomic E-state index is 13.1. The van der Waals surface area contributed by atoms with Crippen molar-refractivity contribution < 1.29 is 14.3 Å². The number of para-hydroxylation sites is 1. The van der Waals surface area contributed by atoms with Crippen molar-refractivity contribution in [3.8, 4) is 11.5 Å². The number of aromatic nitrogens is 1. The highest BCUT2D eigenvalue weighted by Crippen LogP contribution is 2.36. The largest absolute Gasteiger partial charge is 0.490 e. The lowest BCUT2D eigenvalue weighted by molar-refractivity contribution is -0.129. The Balaban J connectivity index is 1.35. The molecule has 0 spiro atoms. The first-order valence-corrected chi connectivity index (χ1v) is 11.3. The molecule has 5 rings (SSSR count). The van der Waals surface area contributed by atoms with Crippen molar-refractivity contribution in [2.45, 2.75) is 31.7 Å². The molecule has 5 nitrogen and oxygen atoms in total. The average Bonchev–Trinajstić information content (AvgIpc) is 3.08. The summed E-state index contributed by atoms with van der Waals surface area (Å²) < 4.78 is 12.6. The first-order valence-electron chi connectivity index (χ1n) is 10.5. The summed E-state index contributed by atoms with van der Waals surface area (Å²) in [7, 11) is 0. The van der Waals surface area contributed by atoms with Crippen LogP contribution in [0.5, 0.6) is 11.5 Å². The molecule has 0 aliphatic carbocycles. The van der Waals surface area contributed by atoms with E-state index in [1.807, 2.05) is 47.4 Å². The van der Waals surface area contributed by atoms with Gasteiger partial charge in [-0.25, -0.2) is 4.98 Å².